The van der Waals surface area contributed by atoms with Gasteiger partial charge in [-0.25, -0.2) is 8.42 Å². The van der Waals surface area contributed by atoms with Crippen LogP contribution < -0.4 is 0 Å². The van der Waals surface area contributed by atoms with Crippen molar-refractivity contribution in [3.05, 3.63) is 33.3 Å². The first-order chi connectivity index (χ1) is 9.75. The number of methoxy groups -OCH3 is 1. The topological polar surface area (TPSA) is 89.8 Å². The van der Waals surface area contributed by atoms with E-state index in [-0.39, 0.29) is 28.8 Å². The zero-order valence-electron chi connectivity index (χ0n) is 11.9. The maximum Gasteiger partial charge on any atom is 0.270 e. The molecule has 1 unspecified atom stereocenters. The number of rotatable bonds is 7. The Bertz CT molecular complexity index is 620. The number of nitro groups is 1. The summed E-state index contributed by atoms with van der Waals surface area (Å²) in [4.78, 5) is 9.86. The monoisotopic (exact) mass is 336 g/mol. The fraction of sp³-hybridized carbons (Fsp3) is 0.500. The van der Waals surface area contributed by atoms with Crippen molar-refractivity contribution >= 4 is 27.3 Å². The molecule has 0 aromatic heterocycles. The second-order valence-corrected chi connectivity index (χ2v) is 6.65. The van der Waals surface area contributed by atoms with Crippen molar-refractivity contribution in [1.29, 1.82) is 0 Å². The van der Waals surface area contributed by atoms with E-state index in [2.05, 4.69) is 0 Å². The van der Waals surface area contributed by atoms with E-state index in [9.17, 15) is 18.5 Å². The molecular weight excluding hydrogens is 320 g/mol. The van der Waals surface area contributed by atoms with E-state index >= 15 is 0 Å². The molecule has 21 heavy (non-hydrogen) atoms. The smallest absolute Gasteiger partial charge is 0.270 e. The number of hydrogen-bond acceptors (Lipinski definition) is 5. The van der Waals surface area contributed by atoms with Gasteiger partial charge < -0.3 is 4.74 Å². The minimum absolute atomic E-state index is 0.0522. The third-order valence-corrected chi connectivity index (χ3v) is 5.49. The van der Waals surface area contributed by atoms with Crippen LogP contribution in [0.5, 0.6) is 0 Å². The molecule has 0 saturated carbocycles. The highest BCUT2D eigenvalue weighted by atomic mass is 35.5. The summed E-state index contributed by atoms with van der Waals surface area (Å²) >= 11 is 5.91. The first-order valence-electron chi connectivity index (χ1n) is 6.20. The van der Waals surface area contributed by atoms with Gasteiger partial charge in [-0.2, -0.15) is 4.31 Å². The van der Waals surface area contributed by atoms with Crippen LogP contribution in [0.4, 0.5) is 5.69 Å². The number of sulfonamides is 1. The SMILES string of the molecule is CCN(C(C)COC)S(=O)(=O)c1cc([N+](=O)[O-])ccc1Cl. The number of benzene rings is 1. The van der Waals surface area contributed by atoms with E-state index in [4.69, 9.17) is 16.3 Å². The zero-order chi connectivity index (χ0) is 16.2. The van der Waals surface area contributed by atoms with Gasteiger partial charge in [0.15, 0.2) is 0 Å². The van der Waals surface area contributed by atoms with E-state index in [0.29, 0.717) is 0 Å². The van der Waals surface area contributed by atoms with Crippen molar-refractivity contribution in [1.82, 2.24) is 4.31 Å². The molecule has 118 valence electrons. The highest BCUT2D eigenvalue weighted by Gasteiger charge is 2.31. The summed E-state index contributed by atoms with van der Waals surface area (Å²) in [5, 5.41) is 10.7. The third kappa shape index (κ3) is 3.91. The lowest BCUT2D eigenvalue weighted by molar-refractivity contribution is -0.385. The summed E-state index contributed by atoms with van der Waals surface area (Å²) in [6.45, 7) is 3.77. The summed E-state index contributed by atoms with van der Waals surface area (Å²) in [5.74, 6) is 0. The maximum absolute atomic E-state index is 12.6. The Hall–Kier alpha value is -1.22. The predicted molar refractivity (Wildman–Crippen MR) is 79.0 cm³/mol. The van der Waals surface area contributed by atoms with E-state index < -0.39 is 21.0 Å². The average molecular weight is 337 g/mol. The number of halogens is 1. The van der Waals surface area contributed by atoms with Crippen LogP contribution >= 0.6 is 11.6 Å². The first-order valence-corrected chi connectivity index (χ1v) is 8.02. The highest BCUT2D eigenvalue weighted by Crippen LogP contribution is 2.29. The van der Waals surface area contributed by atoms with Crippen molar-refractivity contribution in [2.45, 2.75) is 24.8 Å². The van der Waals surface area contributed by atoms with E-state index in [1.807, 2.05) is 0 Å². The molecule has 0 N–H and O–H groups in total. The molecule has 0 aliphatic heterocycles. The van der Waals surface area contributed by atoms with E-state index in [0.717, 1.165) is 12.1 Å². The summed E-state index contributed by atoms with van der Waals surface area (Å²) in [5.41, 5.74) is -0.326. The van der Waals surface area contributed by atoms with E-state index in [1.165, 1.54) is 17.5 Å². The molecule has 0 saturated heterocycles. The lowest BCUT2D eigenvalue weighted by Crippen LogP contribution is -2.40. The van der Waals surface area contributed by atoms with Crippen LogP contribution in [0.3, 0.4) is 0 Å². The van der Waals surface area contributed by atoms with Gasteiger partial charge >= 0.3 is 0 Å². The quantitative estimate of drug-likeness (QED) is 0.563. The number of non-ortho nitro benzene ring substituents is 1. The molecule has 0 heterocycles. The van der Waals surface area contributed by atoms with Gasteiger partial charge in [0.1, 0.15) is 4.90 Å². The zero-order valence-corrected chi connectivity index (χ0v) is 13.5. The summed E-state index contributed by atoms with van der Waals surface area (Å²) in [6, 6.07) is 2.93. The standard InChI is InChI=1S/C12H17ClN2O5S/c1-4-14(9(2)8-20-3)21(18,19)12-7-10(15(16)17)5-6-11(12)13/h5-7,9H,4,8H2,1-3H3. The van der Waals surface area contributed by atoms with Gasteiger partial charge in [0.05, 0.1) is 16.6 Å². The van der Waals surface area contributed by atoms with Crippen molar-refractivity contribution in [3.63, 3.8) is 0 Å². The Labute approximate surface area is 128 Å². The molecule has 1 atom stereocenters. The lowest BCUT2D eigenvalue weighted by atomic mass is 10.3. The van der Waals surface area contributed by atoms with Gasteiger partial charge in [-0.15, -0.1) is 0 Å². The van der Waals surface area contributed by atoms with Crippen molar-refractivity contribution in [2.24, 2.45) is 0 Å². The van der Waals surface area contributed by atoms with Crippen molar-refractivity contribution < 1.29 is 18.1 Å². The molecule has 1 rings (SSSR count). The largest absolute Gasteiger partial charge is 0.383 e. The average Bonchev–Trinajstić information content (AvgIpc) is 2.39. The first kappa shape index (κ1) is 17.8. The molecule has 0 aliphatic rings. The molecule has 0 spiro atoms. The van der Waals surface area contributed by atoms with Gasteiger partial charge in [-0.3, -0.25) is 10.1 Å². The minimum atomic E-state index is -3.94. The van der Waals surface area contributed by atoms with Crippen LogP contribution in [-0.4, -0.2) is 43.9 Å². The van der Waals surface area contributed by atoms with Gasteiger partial charge in [0, 0.05) is 31.8 Å². The summed E-state index contributed by atoms with van der Waals surface area (Å²) < 4.78 is 31.4. The Morgan fingerprint density at radius 3 is 2.57 bits per heavy atom. The normalized spacial score (nSPS) is 13.4. The molecule has 0 amide bonds. The maximum atomic E-state index is 12.6. The number of ether oxygens (including phenoxy) is 1. The number of nitro benzene ring substituents is 1. The van der Waals surface area contributed by atoms with Gasteiger partial charge in [0.25, 0.3) is 5.69 Å². The minimum Gasteiger partial charge on any atom is -0.383 e. The van der Waals surface area contributed by atoms with Gasteiger partial charge in [0.2, 0.25) is 10.0 Å². The highest BCUT2D eigenvalue weighted by molar-refractivity contribution is 7.89. The molecule has 1 aromatic carbocycles. The van der Waals surface area contributed by atoms with Crippen LogP contribution in [0.1, 0.15) is 13.8 Å². The third-order valence-electron chi connectivity index (χ3n) is 2.92. The van der Waals surface area contributed by atoms with Crippen LogP contribution in [0.15, 0.2) is 23.1 Å². The van der Waals surface area contributed by atoms with Gasteiger partial charge in [-0.05, 0) is 13.0 Å². The predicted octanol–water partition coefficient (Wildman–Crippen LogP) is 2.29. The molecule has 0 bridgehead atoms. The second kappa shape index (κ2) is 7.17. The lowest BCUT2D eigenvalue weighted by Gasteiger charge is -2.26. The molecule has 0 aliphatic carbocycles. The fourth-order valence-corrected chi connectivity index (χ4v) is 4.09. The van der Waals surface area contributed by atoms with Crippen molar-refractivity contribution in [3.8, 4) is 0 Å². The summed E-state index contributed by atoms with van der Waals surface area (Å²) in [6.07, 6.45) is 0. The van der Waals surface area contributed by atoms with Crippen molar-refractivity contribution in [2.75, 3.05) is 20.3 Å². The molecular formula is C12H17ClN2O5S. The Morgan fingerprint density at radius 2 is 2.10 bits per heavy atom. The van der Waals surface area contributed by atoms with Crippen LogP contribution in [0.25, 0.3) is 0 Å². The fourth-order valence-electron chi connectivity index (χ4n) is 1.97. The van der Waals surface area contributed by atoms with Crippen LogP contribution in [0, 0.1) is 10.1 Å². The Kier molecular flexibility index (Phi) is 6.09. The van der Waals surface area contributed by atoms with E-state index in [1.54, 1.807) is 13.8 Å². The molecule has 9 heteroatoms. The molecule has 7 nitrogen and oxygen atoms in total. The number of likely N-dealkylation sites (N-methyl/N-ethyl adjacent to an activating group) is 1. The summed E-state index contributed by atoms with van der Waals surface area (Å²) in [7, 11) is -2.47. The van der Waals surface area contributed by atoms with Crippen LogP contribution in [0.2, 0.25) is 5.02 Å². The Balaban J connectivity index is 3.34. The molecule has 0 fully saturated rings. The number of hydrogen-bond donors (Lipinski definition) is 0. The molecule has 0 radical (unpaired) electrons. The number of nitrogens with zero attached hydrogens (tertiary/aromatic N) is 2. The van der Waals surface area contributed by atoms with Crippen LogP contribution in [-0.2, 0) is 14.8 Å². The second-order valence-electron chi connectivity index (χ2n) is 4.38. The van der Waals surface area contributed by atoms with Gasteiger partial charge in [-0.1, -0.05) is 18.5 Å². The Morgan fingerprint density at radius 1 is 1.48 bits per heavy atom. The molecule has 1 aromatic rings.